The second-order valence-corrected chi connectivity index (χ2v) is 7.40. The van der Waals surface area contributed by atoms with Gasteiger partial charge in [0, 0.05) is 23.3 Å². The zero-order valence-corrected chi connectivity index (χ0v) is 14.9. The molecule has 0 aliphatic carbocycles. The van der Waals surface area contributed by atoms with Crippen molar-refractivity contribution >= 4 is 28.7 Å². The summed E-state index contributed by atoms with van der Waals surface area (Å²) < 4.78 is 15.6. The largest absolute Gasteiger partial charge is 0.345 e. The van der Waals surface area contributed by atoms with E-state index in [9.17, 15) is 9.18 Å². The van der Waals surface area contributed by atoms with E-state index >= 15 is 0 Å². The minimum absolute atomic E-state index is 0.155. The molecule has 25 heavy (non-hydrogen) atoms. The Morgan fingerprint density at radius 2 is 2.16 bits per heavy atom. The Hall–Kier alpha value is -2.34. The highest BCUT2D eigenvalue weighted by atomic mass is 32.2. The minimum atomic E-state index is -0.272. The van der Waals surface area contributed by atoms with Gasteiger partial charge in [0.15, 0.2) is 0 Å². The SMILES string of the molecule is Cc1nc2cc(C(=O)N[C@@H]3CCSc4ccc(F)cc43)ccc2n1C. The molecule has 0 radical (unpaired) electrons. The van der Waals surface area contributed by atoms with Crippen LogP contribution in [0.15, 0.2) is 41.3 Å². The predicted octanol–water partition coefficient (Wildman–Crippen LogP) is 3.99. The number of aryl methyl sites for hydroxylation is 2. The number of amides is 1. The first-order chi connectivity index (χ1) is 12.0. The predicted molar refractivity (Wildman–Crippen MR) is 97.4 cm³/mol. The Kier molecular flexibility index (Phi) is 4.00. The molecule has 0 bridgehead atoms. The Morgan fingerprint density at radius 1 is 1.32 bits per heavy atom. The van der Waals surface area contributed by atoms with Gasteiger partial charge in [0.05, 0.1) is 17.1 Å². The Morgan fingerprint density at radius 3 is 3.00 bits per heavy atom. The lowest BCUT2D eigenvalue weighted by atomic mass is 10.0. The number of hydrogen-bond acceptors (Lipinski definition) is 3. The van der Waals surface area contributed by atoms with Crippen LogP contribution in [0.4, 0.5) is 4.39 Å². The molecule has 1 aliphatic heterocycles. The molecule has 0 saturated heterocycles. The Labute approximate surface area is 149 Å². The monoisotopic (exact) mass is 355 g/mol. The molecule has 3 aromatic rings. The lowest BCUT2D eigenvalue weighted by Gasteiger charge is -2.26. The summed E-state index contributed by atoms with van der Waals surface area (Å²) in [6.07, 6.45) is 0.789. The van der Waals surface area contributed by atoms with E-state index in [1.165, 1.54) is 12.1 Å². The molecule has 2 aromatic carbocycles. The second-order valence-electron chi connectivity index (χ2n) is 6.27. The molecular weight excluding hydrogens is 337 g/mol. The first-order valence-corrected chi connectivity index (χ1v) is 9.17. The summed E-state index contributed by atoms with van der Waals surface area (Å²) in [6.45, 7) is 1.94. The van der Waals surface area contributed by atoms with Crippen molar-refractivity contribution in [1.82, 2.24) is 14.9 Å². The molecular formula is C19H18FN3OS. The molecule has 1 atom stereocenters. The number of fused-ring (bicyclic) bond motifs is 2. The van der Waals surface area contributed by atoms with Crippen molar-refractivity contribution in [2.75, 3.05) is 5.75 Å². The van der Waals surface area contributed by atoms with Crippen LogP contribution in [0.3, 0.4) is 0 Å². The number of nitrogens with one attached hydrogen (secondary N) is 1. The standard InChI is InChI=1S/C19H18FN3OS/c1-11-21-16-9-12(3-5-17(16)23(11)2)19(24)22-15-7-8-25-18-6-4-13(20)10-14(15)18/h3-6,9-10,15H,7-8H2,1-2H3,(H,22,24)/t15-/m1/s1. The van der Waals surface area contributed by atoms with Crippen LogP contribution in [0.5, 0.6) is 0 Å². The highest BCUT2D eigenvalue weighted by Gasteiger charge is 2.23. The molecule has 2 heterocycles. The number of hydrogen-bond donors (Lipinski definition) is 1. The lowest BCUT2D eigenvalue weighted by Crippen LogP contribution is -2.30. The molecule has 0 spiro atoms. The van der Waals surface area contributed by atoms with Crippen molar-refractivity contribution in [1.29, 1.82) is 0 Å². The van der Waals surface area contributed by atoms with E-state index in [4.69, 9.17) is 0 Å². The zero-order chi connectivity index (χ0) is 17.6. The van der Waals surface area contributed by atoms with E-state index in [1.54, 1.807) is 17.8 Å². The maximum absolute atomic E-state index is 13.6. The zero-order valence-electron chi connectivity index (χ0n) is 14.0. The topological polar surface area (TPSA) is 46.9 Å². The molecule has 0 fully saturated rings. The van der Waals surface area contributed by atoms with E-state index in [0.717, 1.165) is 39.5 Å². The van der Waals surface area contributed by atoms with Gasteiger partial charge < -0.3 is 9.88 Å². The summed E-state index contributed by atoms with van der Waals surface area (Å²) in [5, 5.41) is 3.05. The number of carbonyl (C=O) groups excluding carboxylic acids is 1. The molecule has 0 saturated carbocycles. The van der Waals surface area contributed by atoms with Gasteiger partial charge in [0.2, 0.25) is 0 Å². The third kappa shape index (κ3) is 2.91. The molecule has 1 N–H and O–H groups in total. The first-order valence-electron chi connectivity index (χ1n) is 8.19. The van der Waals surface area contributed by atoms with Crippen molar-refractivity contribution in [3.05, 3.63) is 59.2 Å². The van der Waals surface area contributed by atoms with Crippen LogP contribution in [-0.4, -0.2) is 21.2 Å². The molecule has 6 heteroatoms. The minimum Gasteiger partial charge on any atom is -0.345 e. The molecule has 1 aliphatic rings. The number of aromatic nitrogens is 2. The van der Waals surface area contributed by atoms with Crippen LogP contribution in [0.1, 0.15) is 34.2 Å². The van der Waals surface area contributed by atoms with Gasteiger partial charge in [-0.2, -0.15) is 0 Å². The molecule has 4 rings (SSSR count). The van der Waals surface area contributed by atoms with Crippen molar-refractivity contribution in [2.45, 2.75) is 24.3 Å². The van der Waals surface area contributed by atoms with Crippen molar-refractivity contribution in [3.63, 3.8) is 0 Å². The van der Waals surface area contributed by atoms with Gasteiger partial charge in [-0.05, 0) is 55.3 Å². The summed E-state index contributed by atoms with van der Waals surface area (Å²) in [5.41, 5.74) is 3.23. The highest BCUT2D eigenvalue weighted by Crippen LogP contribution is 2.36. The van der Waals surface area contributed by atoms with Gasteiger partial charge in [-0.1, -0.05) is 0 Å². The van der Waals surface area contributed by atoms with Gasteiger partial charge in [0.1, 0.15) is 11.6 Å². The molecule has 1 aromatic heterocycles. The fraction of sp³-hybridized carbons (Fsp3) is 0.263. The van der Waals surface area contributed by atoms with Crippen LogP contribution < -0.4 is 5.32 Å². The first kappa shape index (κ1) is 16.1. The molecule has 0 unspecified atom stereocenters. The van der Waals surface area contributed by atoms with E-state index in [0.29, 0.717) is 5.56 Å². The Balaban J connectivity index is 1.62. The number of thioether (sulfide) groups is 1. The number of benzene rings is 2. The average Bonchev–Trinajstić information content (AvgIpc) is 2.89. The summed E-state index contributed by atoms with van der Waals surface area (Å²) in [5.74, 6) is 1.38. The van der Waals surface area contributed by atoms with Crippen LogP contribution in [0, 0.1) is 12.7 Å². The Bertz CT molecular complexity index is 982. The number of imidazole rings is 1. The summed E-state index contributed by atoms with van der Waals surface area (Å²) in [7, 11) is 1.95. The molecule has 4 nitrogen and oxygen atoms in total. The average molecular weight is 355 g/mol. The van der Waals surface area contributed by atoms with E-state index in [2.05, 4.69) is 10.3 Å². The van der Waals surface area contributed by atoms with Gasteiger partial charge in [-0.25, -0.2) is 9.37 Å². The maximum Gasteiger partial charge on any atom is 0.251 e. The van der Waals surface area contributed by atoms with Gasteiger partial charge in [0.25, 0.3) is 5.91 Å². The van der Waals surface area contributed by atoms with Crippen LogP contribution >= 0.6 is 11.8 Å². The number of halogens is 1. The van der Waals surface area contributed by atoms with Crippen molar-refractivity contribution in [3.8, 4) is 0 Å². The van der Waals surface area contributed by atoms with Crippen LogP contribution in [-0.2, 0) is 7.05 Å². The van der Waals surface area contributed by atoms with Gasteiger partial charge >= 0.3 is 0 Å². The molecule has 128 valence electrons. The van der Waals surface area contributed by atoms with E-state index < -0.39 is 0 Å². The van der Waals surface area contributed by atoms with Gasteiger partial charge in [-0.3, -0.25) is 4.79 Å². The highest BCUT2D eigenvalue weighted by molar-refractivity contribution is 7.99. The number of carbonyl (C=O) groups is 1. The number of nitrogens with zero attached hydrogens (tertiary/aromatic N) is 2. The number of rotatable bonds is 2. The van der Waals surface area contributed by atoms with E-state index in [-0.39, 0.29) is 17.8 Å². The van der Waals surface area contributed by atoms with Crippen LogP contribution in [0.2, 0.25) is 0 Å². The lowest BCUT2D eigenvalue weighted by molar-refractivity contribution is 0.0935. The third-order valence-corrected chi connectivity index (χ3v) is 5.81. The van der Waals surface area contributed by atoms with Gasteiger partial charge in [-0.15, -0.1) is 11.8 Å². The summed E-state index contributed by atoms with van der Waals surface area (Å²) in [4.78, 5) is 18.2. The fourth-order valence-corrected chi connectivity index (χ4v) is 4.32. The summed E-state index contributed by atoms with van der Waals surface area (Å²) in [6, 6.07) is 10.1. The smallest absolute Gasteiger partial charge is 0.251 e. The van der Waals surface area contributed by atoms with Crippen LogP contribution in [0.25, 0.3) is 11.0 Å². The normalized spacial score (nSPS) is 16.7. The second kappa shape index (κ2) is 6.19. The summed E-state index contributed by atoms with van der Waals surface area (Å²) >= 11 is 1.70. The maximum atomic E-state index is 13.6. The van der Waals surface area contributed by atoms with Crippen molar-refractivity contribution in [2.24, 2.45) is 7.05 Å². The third-order valence-electron chi connectivity index (χ3n) is 4.68. The quantitative estimate of drug-likeness (QED) is 0.756. The van der Waals surface area contributed by atoms with Crippen molar-refractivity contribution < 1.29 is 9.18 Å². The fourth-order valence-electron chi connectivity index (χ4n) is 3.22. The van der Waals surface area contributed by atoms with E-state index in [1.807, 2.05) is 36.7 Å². The molecule has 1 amide bonds.